The first kappa shape index (κ1) is 25.9. The molecule has 40 heavy (non-hydrogen) atoms. The molecule has 1 amide bonds. The molecule has 1 aliphatic heterocycles. The van der Waals surface area contributed by atoms with E-state index in [9.17, 15) is 9.59 Å². The molecule has 1 saturated heterocycles. The van der Waals surface area contributed by atoms with Gasteiger partial charge in [-0.25, -0.2) is 14.4 Å². The van der Waals surface area contributed by atoms with E-state index in [1.807, 2.05) is 12.1 Å². The molecule has 0 unspecified atom stereocenters. The number of aromatic nitrogens is 3. The van der Waals surface area contributed by atoms with Gasteiger partial charge in [-0.05, 0) is 61.7 Å². The number of carbonyl (C=O) groups excluding carboxylic acids is 1. The highest BCUT2D eigenvalue weighted by atomic mass is 19.1. The first-order chi connectivity index (χ1) is 19.4. The van der Waals surface area contributed by atoms with E-state index in [4.69, 9.17) is 5.73 Å². The highest BCUT2D eigenvalue weighted by Crippen LogP contribution is 2.32. The molecule has 0 radical (unpaired) electrons. The van der Waals surface area contributed by atoms with Gasteiger partial charge in [0.1, 0.15) is 11.6 Å². The summed E-state index contributed by atoms with van der Waals surface area (Å²) in [5, 5.41) is 6.43. The van der Waals surface area contributed by atoms with E-state index >= 15 is 4.39 Å². The van der Waals surface area contributed by atoms with Crippen molar-refractivity contribution in [1.82, 2.24) is 15.0 Å². The smallest absolute Gasteiger partial charge is 0.259 e. The van der Waals surface area contributed by atoms with Gasteiger partial charge in [-0.2, -0.15) is 0 Å². The third-order valence-electron chi connectivity index (χ3n) is 7.82. The number of aromatic amines is 1. The molecule has 6 rings (SSSR count). The molecule has 10 heteroatoms. The monoisotopic (exact) mass is 541 g/mol. The van der Waals surface area contributed by atoms with Crippen LogP contribution in [0.5, 0.6) is 0 Å². The second-order valence-corrected chi connectivity index (χ2v) is 10.7. The van der Waals surface area contributed by atoms with E-state index in [0.717, 1.165) is 57.3 Å². The van der Waals surface area contributed by atoms with Crippen molar-refractivity contribution in [2.75, 3.05) is 28.6 Å². The molecule has 0 spiro atoms. The largest absolute Gasteiger partial charge is 0.369 e. The van der Waals surface area contributed by atoms with Crippen LogP contribution in [0.25, 0.3) is 22.2 Å². The van der Waals surface area contributed by atoms with Gasteiger partial charge in [-0.1, -0.05) is 19.3 Å². The zero-order chi connectivity index (χ0) is 27.6. The number of nitrogens with one attached hydrogen (secondary N) is 3. The minimum atomic E-state index is -0.518. The Labute approximate surface area is 231 Å². The van der Waals surface area contributed by atoms with Crippen molar-refractivity contribution in [2.45, 2.75) is 44.6 Å². The summed E-state index contributed by atoms with van der Waals surface area (Å²) in [6.45, 7) is 1.68. The number of fused-ring (bicyclic) bond motifs is 1. The third kappa shape index (κ3) is 5.40. The molecule has 206 valence electrons. The summed E-state index contributed by atoms with van der Waals surface area (Å²) in [4.78, 5) is 39.4. The zero-order valence-corrected chi connectivity index (χ0v) is 22.1. The van der Waals surface area contributed by atoms with Crippen LogP contribution in [0.15, 0.2) is 59.7 Å². The minimum absolute atomic E-state index is 0.0269. The normalized spacial score (nSPS) is 17.8. The van der Waals surface area contributed by atoms with Gasteiger partial charge in [-0.15, -0.1) is 0 Å². The number of H-pyrrole nitrogens is 1. The van der Waals surface area contributed by atoms with Gasteiger partial charge >= 0.3 is 0 Å². The highest BCUT2D eigenvalue weighted by Gasteiger charge is 2.22. The van der Waals surface area contributed by atoms with Gasteiger partial charge in [0.2, 0.25) is 5.91 Å². The molecule has 0 bridgehead atoms. The molecule has 1 saturated carbocycles. The third-order valence-corrected chi connectivity index (χ3v) is 7.82. The van der Waals surface area contributed by atoms with Crippen molar-refractivity contribution in [2.24, 2.45) is 11.7 Å². The van der Waals surface area contributed by atoms with Crippen molar-refractivity contribution in [3.05, 3.63) is 71.0 Å². The number of anilines is 4. The maximum atomic E-state index is 15.4. The number of pyridine rings is 3. The summed E-state index contributed by atoms with van der Waals surface area (Å²) in [7, 11) is 0. The predicted molar refractivity (Wildman–Crippen MR) is 155 cm³/mol. The Morgan fingerprint density at radius 1 is 1.07 bits per heavy atom. The van der Waals surface area contributed by atoms with E-state index in [1.165, 1.54) is 12.3 Å². The molecule has 1 aromatic carbocycles. The Bertz CT molecular complexity index is 1600. The summed E-state index contributed by atoms with van der Waals surface area (Å²) in [5.74, 6) is -0.0703. The molecule has 4 aromatic rings. The van der Waals surface area contributed by atoms with Crippen molar-refractivity contribution in [1.29, 1.82) is 0 Å². The Balaban J connectivity index is 1.28. The lowest BCUT2D eigenvalue weighted by atomic mass is 9.88. The van der Waals surface area contributed by atoms with E-state index in [1.54, 1.807) is 30.5 Å². The molecular weight excluding hydrogens is 509 g/mol. The fourth-order valence-electron chi connectivity index (χ4n) is 5.65. The summed E-state index contributed by atoms with van der Waals surface area (Å²) in [5.41, 5.74) is 8.60. The van der Waals surface area contributed by atoms with Gasteiger partial charge in [0.25, 0.3) is 5.56 Å². The van der Waals surface area contributed by atoms with Crippen LogP contribution >= 0.6 is 0 Å². The van der Waals surface area contributed by atoms with Crippen LogP contribution in [0.2, 0.25) is 0 Å². The number of hydrogen-bond donors (Lipinski definition) is 4. The number of halogens is 1. The average molecular weight is 542 g/mol. The summed E-state index contributed by atoms with van der Waals surface area (Å²) < 4.78 is 15.4. The summed E-state index contributed by atoms with van der Waals surface area (Å²) in [6.07, 6.45) is 9.21. The lowest BCUT2D eigenvalue weighted by Crippen LogP contribution is -2.26. The van der Waals surface area contributed by atoms with Crippen molar-refractivity contribution >= 4 is 39.7 Å². The quantitative estimate of drug-likeness (QED) is 0.273. The molecular formula is C30H32FN7O2. The number of rotatable bonds is 6. The molecule has 1 aliphatic carbocycles. The van der Waals surface area contributed by atoms with E-state index < -0.39 is 5.82 Å². The van der Waals surface area contributed by atoms with Crippen molar-refractivity contribution < 1.29 is 9.18 Å². The predicted octanol–water partition coefficient (Wildman–Crippen LogP) is 4.92. The maximum absolute atomic E-state index is 15.4. The number of nitrogens with zero attached hydrogens (tertiary/aromatic N) is 3. The fraction of sp³-hybridized carbons (Fsp3) is 0.333. The van der Waals surface area contributed by atoms with Gasteiger partial charge in [-0.3, -0.25) is 9.59 Å². The van der Waals surface area contributed by atoms with E-state index in [2.05, 4.69) is 30.5 Å². The molecule has 4 heterocycles. The first-order valence-electron chi connectivity index (χ1n) is 13.8. The molecule has 1 atom stereocenters. The fourth-order valence-corrected chi connectivity index (χ4v) is 5.65. The number of carbonyl (C=O) groups is 1. The molecule has 3 aromatic heterocycles. The van der Waals surface area contributed by atoms with E-state index in [0.29, 0.717) is 33.8 Å². The average Bonchev–Trinajstić information content (AvgIpc) is 3.40. The molecule has 9 nitrogen and oxygen atoms in total. The summed E-state index contributed by atoms with van der Waals surface area (Å²) >= 11 is 0. The van der Waals surface area contributed by atoms with Crippen molar-refractivity contribution in [3.63, 3.8) is 0 Å². The van der Waals surface area contributed by atoms with Crippen LogP contribution in [-0.4, -0.2) is 40.0 Å². The van der Waals surface area contributed by atoms with Crippen LogP contribution in [-0.2, 0) is 4.79 Å². The van der Waals surface area contributed by atoms with Gasteiger partial charge < -0.3 is 26.3 Å². The van der Waals surface area contributed by atoms with Crippen LogP contribution in [0.1, 0.15) is 38.5 Å². The Kier molecular flexibility index (Phi) is 7.17. The molecule has 5 N–H and O–H groups in total. The van der Waals surface area contributed by atoms with E-state index in [-0.39, 0.29) is 29.0 Å². The minimum Gasteiger partial charge on any atom is -0.369 e. The molecule has 2 aliphatic rings. The van der Waals surface area contributed by atoms with Crippen LogP contribution in [0.3, 0.4) is 0 Å². The number of hydrogen-bond acceptors (Lipinski definition) is 7. The Hall–Kier alpha value is -4.31. The first-order valence-corrected chi connectivity index (χ1v) is 13.8. The Morgan fingerprint density at radius 2 is 1.93 bits per heavy atom. The molecule has 2 fully saturated rings. The van der Waals surface area contributed by atoms with Crippen LogP contribution < -0.4 is 26.8 Å². The number of amides is 1. The topological polar surface area (TPSA) is 129 Å². The second kappa shape index (κ2) is 11.1. The van der Waals surface area contributed by atoms with Crippen LogP contribution in [0.4, 0.5) is 27.3 Å². The zero-order valence-electron chi connectivity index (χ0n) is 22.1. The van der Waals surface area contributed by atoms with Gasteiger partial charge in [0.15, 0.2) is 0 Å². The standard InChI is InChI=1S/C30H32FN7O2/c31-23-14-20(35-29(39)18-4-2-1-3-5-18)6-8-22(23)25-15-26(28-24(36-25)10-12-33-30(28)40)37-27-9-7-21(16-34-27)38-13-11-19(32)17-38/h6-10,12,14-16,18-19H,1-5,11,13,17,32H2,(H,33,40)(H,35,39)(H,34,36,37)/t19-/m0/s1. The maximum Gasteiger partial charge on any atom is 0.259 e. The lowest BCUT2D eigenvalue weighted by Gasteiger charge is -2.20. The number of nitrogens with two attached hydrogens (primary N) is 1. The summed E-state index contributed by atoms with van der Waals surface area (Å²) in [6, 6.07) is 11.9. The SMILES string of the molecule is N[C@H]1CCN(c2ccc(Nc3cc(-c4ccc(NC(=O)C5CCCCC5)cc4F)nc4cc[nH]c(=O)c34)nc2)C1. The second-order valence-electron chi connectivity index (χ2n) is 10.7. The van der Waals surface area contributed by atoms with Crippen LogP contribution in [0, 0.1) is 11.7 Å². The van der Waals surface area contributed by atoms with Crippen molar-refractivity contribution in [3.8, 4) is 11.3 Å². The number of benzene rings is 1. The van der Waals surface area contributed by atoms with Gasteiger partial charge in [0.05, 0.1) is 34.2 Å². The lowest BCUT2D eigenvalue weighted by molar-refractivity contribution is -0.120. The van der Waals surface area contributed by atoms with Gasteiger partial charge in [0, 0.05) is 42.5 Å². The highest BCUT2D eigenvalue weighted by molar-refractivity contribution is 5.95. The Morgan fingerprint density at radius 3 is 2.65 bits per heavy atom.